The number of amides is 4. The summed E-state index contributed by atoms with van der Waals surface area (Å²) in [4.78, 5) is 69.7. The Morgan fingerprint density at radius 1 is 1.00 bits per heavy atom. The van der Waals surface area contributed by atoms with Crippen LogP contribution >= 0.6 is 0 Å². The van der Waals surface area contributed by atoms with E-state index in [1.54, 1.807) is 9.80 Å². The number of nitrogens with two attached hydrogens (primary N) is 2. The molecule has 2 aliphatic heterocycles. The average Bonchev–Trinajstić information content (AvgIpc) is 3.38. The summed E-state index contributed by atoms with van der Waals surface area (Å²) in [5, 5.41) is 18.5. The highest BCUT2D eigenvalue weighted by molar-refractivity contribution is 5.96. The molecule has 0 aliphatic carbocycles. The molecule has 13 nitrogen and oxygen atoms in total. The molecule has 278 valence electrons. The molecule has 8 N–H and O–H groups in total. The first-order chi connectivity index (χ1) is 24.3. The number of hydrogen-bond donors (Lipinski definition) is 6. The Morgan fingerprint density at radius 2 is 1.63 bits per heavy atom. The highest BCUT2D eigenvalue weighted by atomic mass is 16.4. The molecule has 0 radical (unpaired) electrons. The smallest absolute Gasteiger partial charge is 0.323 e. The van der Waals surface area contributed by atoms with Crippen LogP contribution in [0, 0.1) is 0 Å². The van der Waals surface area contributed by atoms with Gasteiger partial charge in [-0.05, 0) is 63.1 Å². The van der Waals surface area contributed by atoms with Gasteiger partial charge in [-0.3, -0.25) is 24.0 Å². The van der Waals surface area contributed by atoms with E-state index in [1.165, 1.54) is 0 Å². The van der Waals surface area contributed by atoms with Crippen LogP contribution in [0.3, 0.4) is 0 Å². The molecule has 2 aromatic carbocycles. The zero-order chi connectivity index (χ0) is 37.2. The molecular weight excluding hydrogens is 650 g/mol. The van der Waals surface area contributed by atoms with Gasteiger partial charge in [0.15, 0.2) is 0 Å². The number of likely N-dealkylation sites (tertiary alicyclic amines) is 2. The molecule has 2 fully saturated rings. The molecule has 13 heteroatoms. The maximum Gasteiger partial charge on any atom is 0.323 e. The number of nitrogens with one attached hydrogen (secondary N) is 3. The van der Waals surface area contributed by atoms with Gasteiger partial charge in [-0.25, -0.2) is 0 Å². The summed E-state index contributed by atoms with van der Waals surface area (Å²) in [5.41, 5.74) is 12.2. The van der Waals surface area contributed by atoms with Crippen LogP contribution in [0.2, 0.25) is 0 Å². The number of carbonyl (C=O) groups is 5. The first-order valence-corrected chi connectivity index (χ1v) is 18.0. The monoisotopic (exact) mass is 705 g/mol. The fourth-order valence-corrected chi connectivity index (χ4v) is 7.01. The SMILES string of the molecule is CC1C[C@@H](NC(=O)C(Cc2ccccc2)NC(=O)CNCC(C)(C)c2ccccc2)C(=O)N1[C@H](CCCCN)C(=O)N1CCC(N)(C(=O)O)CC1. The van der Waals surface area contributed by atoms with Crippen LogP contribution < -0.4 is 27.4 Å². The maximum atomic E-state index is 14.0. The minimum absolute atomic E-state index is 0.00281. The number of nitrogens with zero attached hydrogens (tertiary/aromatic N) is 2. The zero-order valence-electron chi connectivity index (χ0n) is 30.1. The van der Waals surface area contributed by atoms with E-state index in [1.807, 2.05) is 67.6 Å². The topological polar surface area (TPSA) is 200 Å². The van der Waals surface area contributed by atoms with Crippen molar-refractivity contribution in [2.24, 2.45) is 11.5 Å². The quantitative estimate of drug-likeness (QED) is 0.131. The second-order valence-electron chi connectivity index (χ2n) is 14.6. The second-order valence-corrected chi connectivity index (χ2v) is 14.6. The molecular formula is C38H55N7O6. The van der Waals surface area contributed by atoms with Crippen molar-refractivity contribution in [3.8, 4) is 0 Å². The summed E-state index contributed by atoms with van der Waals surface area (Å²) in [6, 6.07) is 16.4. The molecule has 0 spiro atoms. The molecule has 4 rings (SSSR count). The Hall–Kier alpha value is -4.33. The molecule has 0 saturated carbocycles. The lowest BCUT2D eigenvalue weighted by atomic mass is 9.84. The first kappa shape index (κ1) is 39.5. The number of carboxylic acid groups (broad SMARTS) is 1. The highest BCUT2D eigenvalue weighted by Crippen LogP contribution is 2.28. The fourth-order valence-electron chi connectivity index (χ4n) is 7.01. The third kappa shape index (κ3) is 10.4. The van der Waals surface area contributed by atoms with Gasteiger partial charge < -0.3 is 42.3 Å². The van der Waals surface area contributed by atoms with Crippen LogP contribution in [0.1, 0.15) is 70.4 Å². The summed E-state index contributed by atoms with van der Waals surface area (Å²) < 4.78 is 0. The van der Waals surface area contributed by atoms with Gasteiger partial charge in [-0.15, -0.1) is 0 Å². The first-order valence-electron chi connectivity index (χ1n) is 18.0. The van der Waals surface area contributed by atoms with Crippen molar-refractivity contribution in [1.82, 2.24) is 25.8 Å². The summed E-state index contributed by atoms with van der Waals surface area (Å²) in [5.74, 6) is -2.56. The van der Waals surface area contributed by atoms with Crippen LogP contribution in [0.5, 0.6) is 0 Å². The average molecular weight is 706 g/mol. The zero-order valence-corrected chi connectivity index (χ0v) is 30.1. The Kier molecular flexibility index (Phi) is 13.7. The minimum atomic E-state index is -1.39. The summed E-state index contributed by atoms with van der Waals surface area (Å²) >= 11 is 0. The van der Waals surface area contributed by atoms with E-state index in [0.29, 0.717) is 32.4 Å². The van der Waals surface area contributed by atoms with Crippen molar-refractivity contribution in [2.45, 2.75) is 101 Å². The van der Waals surface area contributed by atoms with Crippen molar-refractivity contribution >= 4 is 29.6 Å². The third-order valence-electron chi connectivity index (χ3n) is 10.2. The van der Waals surface area contributed by atoms with E-state index in [4.69, 9.17) is 11.5 Å². The molecule has 0 bridgehead atoms. The normalized spacial score (nSPS) is 20.1. The second kappa shape index (κ2) is 17.7. The van der Waals surface area contributed by atoms with E-state index in [-0.39, 0.29) is 74.5 Å². The molecule has 2 heterocycles. The molecule has 4 amide bonds. The van der Waals surface area contributed by atoms with E-state index in [0.717, 1.165) is 11.1 Å². The Labute approximate surface area is 300 Å². The Balaban J connectivity index is 1.43. The number of benzene rings is 2. The predicted octanol–water partition coefficient (Wildman–Crippen LogP) is 1.29. The van der Waals surface area contributed by atoms with Gasteiger partial charge in [-0.2, -0.15) is 0 Å². The lowest BCUT2D eigenvalue weighted by Crippen LogP contribution is -2.60. The number of unbranched alkanes of at least 4 members (excludes halogenated alkanes) is 1. The van der Waals surface area contributed by atoms with Gasteiger partial charge in [0.1, 0.15) is 23.7 Å². The van der Waals surface area contributed by atoms with Gasteiger partial charge in [-0.1, -0.05) is 74.5 Å². The van der Waals surface area contributed by atoms with Gasteiger partial charge in [0.2, 0.25) is 23.6 Å². The standard InChI is InChI=1S/C38H55N7O6/c1-26-22-30(34(48)45(26)31(16-10-11-19-39)35(49)44-20-17-38(40,18-21-44)36(50)51)43-33(47)29(23-27-12-6-4-7-13-27)42-32(46)24-41-25-37(2,3)28-14-8-5-9-15-28/h4-9,12-15,26,29-31,41H,10-11,16-25,39-40H2,1-3H3,(H,42,46)(H,43,47)(H,50,51)/t26?,29?,30-,31-/m1/s1. The van der Waals surface area contributed by atoms with Crippen LogP contribution in [0.15, 0.2) is 60.7 Å². The van der Waals surface area contributed by atoms with Gasteiger partial charge in [0.05, 0.1) is 6.54 Å². The van der Waals surface area contributed by atoms with Crippen molar-refractivity contribution in [3.05, 3.63) is 71.8 Å². The Bertz CT molecular complexity index is 1500. The number of piperidine rings is 1. The number of hydrogen-bond acceptors (Lipinski definition) is 8. The van der Waals surface area contributed by atoms with E-state index in [9.17, 15) is 29.1 Å². The van der Waals surface area contributed by atoms with Crippen LogP contribution in [-0.4, -0.2) is 107 Å². The molecule has 2 saturated heterocycles. The number of carbonyl (C=O) groups excluding carboxylic acids is 4. The fraction of sp³-hybridized carbons (Fsp3) is 0.553. The number of rotatable bonds is 17. The highest BCUT2D eigenvalue weighted by Gasteiger charge is 2.47. The van der Waals surface area contributed by atoms with Crippen molar-refractivity contribution in [2.75, 3.05) is 32.7 Å². The van der Waals surface area contributed by atoms with Crippen LogP contribution in [-0.2, 0) is 35.8 Å². The maximum absolute atomic E-state index is 14.0. The van der Waals surface area contributed by atoms with Gasteiger partial charge >= 0.3 is 5.97 Å². The van der Waals surface area contributed by atoms with Crippen LogP contribution in [0.4, 0.5) is 0 Å². The third-order valence-corrected chi connectivity index (χ3v) is 10.2. The summed E-state index contributed by atoms with van der Waals surface area (Å²) in [7, 11) is 0. The van der Waals surface area contributed by atoms with E-state index < -0.39 is 35.5 Å². The van der Waals surface area contributed by atoms with E-state index >= 15 is 0 Å². The summed E-state index contributed by atoms with van der Waals surface area (Å²) in [6.45, 7) is 7.36. The van der Waals surface area contributed by atoms with E-state index in [2.05, 4.69) is 29.8 Å². The molecule has 0 aromatic heterocycles. The predicted molar refractivity (Wildman–Crippen MR) is 194 cm³/mol. The molecule has 4 atom stereocenters. The lowest BCUT2D eigenvalue weighted by molar-refractivity contribution is -0.151. The molecule has 2 aliphatic rings. The molecule has 51 heavy (non-hydrogen) atoms. The van der Waals surface area contributed by atoms with Crippen molar-refractivity contribution in [1.29, 1.82) is 0 Å². The van der Waals surface area contributed by atoms with Crippen LogP contribution in [0.25, 0.3) is 0 Å². The minimum Gasteiger partial charge on any atom is -0.480 e. The lowest BCUT2D eigenvalue weighted by Gasteiger charge is -2.40. The van der Waals surface area contributed by atoms with Gasteiger partial charge in [0.25, 0.3) is 0 Å². The number of carboxylic acids is 1. The molecule has 2 unspecified atom stereocenters. The molecule has 2 aromatic rings. The summed E-state index contributed by atoms with van der Waals surface area (Å²) in [6.07, 6.45) is 2.41. The Morgan fingerprint density at radius 3 is 2.24 bits per heavy atom. The largest absolute Gasteiger partial charge is 0.480 e. The van der Waals surface area contributed by atoms with Crippen molar-refractivity contribution in [3.63, 3.8) is 0 Å². The van der Waals surface area contributed by atoms with Gasteiger partial charge in [0, 0.05) is 37.5 Å². The van der Waals surface area contributed by atoms with Crippen molar-refractivity contribution < 1.29 is 29.1 Å². The number of aliphatic carboxylic acids is 1.